The Balaban J connectivity index is 2.87. The van der Waals surface area contributed by atoms with Crippen LogP contribution in [0.3, 0.4) is 0 Å². The first-order valence-corrected chi connectivity index (χ1v) is 8.45. The summed E-state index contributed by atoms with van der Waals surface area (Å²) < 4.78 is 6.90. The molecule has 21 heavy (non-hydrogen) atoms. The number of nitrogens with one attached hydrogen (secondary N) is 1. The monoisotopic (exact) mass is 357 g/mol. The Morgan fingerprint density at radius 1 is 1.33 bits per heavy atom. The molecule has 0 aliphatic rings. The van der Waals surface area contributed by atoms with Crippen molar-refractivity contribution in [1.29, 1.82) is 0 Å². The van der Waals surface area contributed by atoms with Crippen LogP contribution in [0.5, 0.6) is 5.75 Å². The van der Waals surface area contributed by atoms with E-state index in [4.69, 9.17) is 4.74 Å². The van der Waals surface area contributed by atoms with Gasteiger partial charge in [-0.3, -0.25) is 0 Å². The Morgan fingerprint density at radius 2 is 2.00 bits per heavy atom. The van der Waals surface area contributed by atoms with Gasteiger partial charge in [0.05, 0.1) is 5.60 Å². The van der Waals surface area contributed by atoms with E-state index in [1.54, 1.807) is 0 Å². The number of benzene rings is 1. The molecule has 0 bridgehead atoms. The molecular weight excluding hydrogens is 330 g/mol. The maximum atomic E-state index is 10.3. The molecule has 0 heterocycles. The topological polar surface area (TPSA) is 41.5 Å². The van der Waals surface area contributed by atoms with E-state index in [1.807, 2.05) is 32.9 Å². The van der Waals surface area contributed by atoms with E-state index >= 15 is 0 Å². The lowest BCUT2D eigenvalue weighted by Crippen LogP contribution is -2.38. The number of hydrogen-bond donors (Lipinski definition) is 2. The van der Waals surface area contributed by atoms with Gasteiger partial charge in [0.25, 0.3) is 0 Å². The Kier molecular flexibility index (Phi) is 7.17. The van der Waals surface area contributed by atoms with Crippen molar-refractivity contribution in [3.8, 4) is 5.75 Å². The van der Waals surface area contributed by atoms with Gasteiger partial charge in [-0.2, -0.15) is 0 Å². The summed E-state index contributed by atoms with van der Waals surface area (Å²) in [6, 6.07) is 6.27. The fraction of sp³-hybridized carbons (Fsp3) is 0.647. The summed E-state index contributed by atoms with van der Waals surface area (Å²) in [7, 11) is 0. The molecule has 1 aromatic rings. The molecule has 0 aliphatic carbocycles. The van der Waals surface area contributed by atoms with Gasteiger partial charge in [-0.15, -0.1) is 0 Å². The van der Waals surface area contributed by atoms with Crippen molar-refractivity contribution in [1.82, 2.24) is 5.32 Å². The van der Waals surface area contributed by atoms with Crippen molar-refractivity contribution in [2.45, 2.75) is 52.7 Å². The molecule has 2 unspecified atom stereocenters. The van der Waals surface area contributed by atoms with Gasteiger partial charge < -0.3 is 15.2 Å². The van der Waals surface area contributed by atoms with Gasteiger partial charge in [-0.05, 0) is 44.9 Å². The summed E-state index contributed by atoms with van der Waals surface area (Å²) in [5.41, 5.74) is 0.283. The minimum Gasteiger partial charge on any atom is -0.490 e. The zero-order valence-corrected chi connectivity index (χ0v) is 15.3. The molecule has 2 atom stereocenters. The highest BCUT2D eigenvalue weighted by Crippen LogP contribution is 2.30. The summed E-state index contributed by atoms with van der Waals surface area (Å²) in [4.78, 5) is 0. The Labute approximate surface area is 137 Å². The number of hydrogen-bond acceptors (Lipinski definition) is 3. The minimum atomic E-state index is -0.834. The predicted molar refractivity (Wildman–Crippen MR) is 91.8 cm³/mol. The molecule has 0 spiro atoms. The van der Waals surface area contributed by atoms with Crippen molar-refractivity contribution in [3.63, 3.8) is 0 Å². The van der Waals surface area contributed by atoms with Crippen molar-refractivity contribution in [2.24, 2.45) is 5.92 Å². The zero-order chi connectivity index (χ0) is 16.0. The van der Waals surface area contributed by atoms with E-state index < -0.39 is 5.60 Å². The van der Waals surface area contributed by atoms with Crippen LogP contribution in [-0.4, -0.2) is 23.9 Å². The Bertz CT molecular complexity index is 446. The fourth-order valence-electron chi connectivity index (χ4n) is 1.85. The highest BCUT2D eigenvalue weighted by Gasteiger charge is 2.26. The van der Waals surface area contributed by atoms with Crippen molar-refractivity contribution in [2.75, 3.05) is 13.2 Å². The SMILES string of the molecule is CCCNC(C)c1ccc(Br)cc1OCC(C)(O)C(C)C. The molecule has 0 saturated carbocycles. The van der Waals surface area contributed by atoms with Crippen LogP contribution in [0.25, 0.3) is 0 Å². The number of halogens is 1. The van der Waals surface area contributed by atoms with Crippen LogP contribution in [0, 0.1) is 5.92 Å². The van der Waals surface area contributed by atoms with Gasteiger partial charge in [0.1, 0.15) is 12.4 Å². The van der Waals surface area contributed by atoms with E-state index in [0.717, 1.165) is 28.8 Å². The smallest absolute Gasteiger partial charge is 0.125 e. The number of rotatable bonds is 8. The fourth-order valence-corrected chi connectivity index (χ4v) is 2.19. The third-order valence-electron chi connectivity index (χ3n) is 3.91. The first-order valence-electron chi connectivity index (χ1n) is 7.66. The predicted octanol–water partition coefficient (Wildman–Crippen LogP) is 4.30. The molecule has 0 aliphatic heterocycles. The Hall–Kier alpha value is -0.580. The normalized spacial score (nSPS) is 15.8. The van der Waals surface area contributed by atoms with Crippen molar-refractivity contribution in [3.05, 3.63) is 28.2 Å². The lowest BCUT2D eigenvalue weighted by atomic mass is 9.93. The molecule has 1 rings (SSSR count). The molecule has 0 saturated heterocycles. The van der Waals surface area contributed by atoms with Crippen LogP contribution in [0.2, 0.25) is 0 Å². The van der Waals surface area contributed by atoms with Crippen LogP contribution in [0.15, 0.2) is 22.7 Å². The van der Waals surface area contributed by atoms with E-state index in [-0.39, 0.29) is 18.6 Å². The molecule has 0 radical (unpaired) electrons. The minimum absolute atomic E-state index is 0.142. The summed E-state index contributed by atoms with van der Waals surface area (Å²) in [5.74, 6) is 0.963. The third kappa shape index (κ3) is 5.61. The highest BCUT2D eigenvalue weighted by molar-refractivity contribution is 9.10. The van der Waals surface area contributed by atoms with E-state index in [9.17, 15) is 5.11 Å². The number of ether oxygens (including phenoxy) is 1. The molecule has 0 amide bonds. The van der Waals surface area contributed by atoms with Gasteiger partial charge in [0.2, 0.25) is 0 Å². The lowest BCUT2D eigenvalue weighted by molar-refractivity contribution is -0.0269. The highest BCUT2D eigenvalue weighted by atomic mass is 79.9. The average Bonchev–Trinajstić information content (AvgIpc) is 2.42. The molecule has 120 valence electrons. The first kappa shape index (κ1) is 18.5. The quantitative estimate of drug-likeness (QED) is 0.728. The second-order valence-electron chi connectivity index (χ2n) is 6.16. The summed E-state index contributed by atoms with van der Waals surface area (Å²) in [6.45, 7) is 11.3. The maximum absolute atomic E-state index is 10.3. The number of aliphatic hydroxyl groups is 1. The molecule has 0 fully saturated rings. The van der Waals surface area contributed by atoms with Crippen LogP contribution in [0.1, 0.15) is 52.6 Å². The van der Waals surface area contributed by atoms with Gasteiger partial charge in [0.15, 0.2) is 0 Å². The van der Waals surface area contributed by atoms with Crippen LogP contribution < -0.4 is 10.1 Å². The standard InChI is InChI=1S/C17H28BrNO2/c1-6-9-19-13(4)15-8-7-14(18)10-16(15)21-11-17(5,20)12(2)3/h7-8,10,12-13,19-20H,6,9,11H2,1-5H3. The van der Waals surface area contributed by atoms with Gasteiger partial charge in [-0.1, -0.05) is 42.8 Å². The van der Waals surface area contributed by atoms with Gasteiger partial charge in [0, 0.05) is 16.1 Å². The molecule has 1 aromatic carbocycles. The van der Waals surface area contributed by atoms with Crippen molar-refractivity contribution >= 4 is 15.9 Å². The summed E-state index contributed by atoms with van der Waals surface area (Å²) >= 11 is 3.48. The second kappa shape index (κ2) is 8.16. The van der Waals surface area contributed by atoms with Crippen molar-refractivity contribution < 1.29 is 9.84 Å². The molecular formula is C17H28BrNO2. The lowest BCUT2D eigenvalue weighted by Gasteiger charge is -2.28. The average molecular weight is 358 g/mol. The first-order chi connectivity index (χ1) is 9.77. The molecule has 3 nitrogen and oxygen atoms in total. The van der Waals surface area contributed by atoms with E-state index in [1.165, 1.54) is 0 Å². The van der Waals surface area contributed by atoms with E-state index in [0.29, 0.717) is 0 Å². The Morgan fingerprint density at radius 3 is 2.57 bits per heavy atom. The van der Waals surface area contributed by atoms with Crippen LogP contribution >= 0.6 is 15.9 Å². The molecule has 0 aromatic heterocycles. The van der Waals surface area contributed by atoms with Crippen LogP contribution in [-0.2, 0) is 0 Å². The molecule has 2 N–H and O–H groups in total. The largest absolute Gasteiger partial charge is 0.490 e. The van der Waals surface area contributed by atoms with Gasteiger partial charge in [-0.25, -0.2) is 0 Å². The van der Waals surface area contributed by atoms with Crippen LogP contribution in [0.4, 0.5) is 0 Å². The summed E-state index contributed by atoms with van der Waals surface area (Å²) in [6.07, 6.45) is 1.10. The molecule has 4 heteroatoms. The third-order valence-corrected chi connectivity index (χ3v) is 4.40. The van der Waals surface area contributed by atoms with Gasteiger partial charge >= 0.3 is 0 Å². The van der Waals surface area contributed by atoms with E-state index in [2.05, 4.69) is 41.2 Å². The second-order valence-corrected chi connectivity index (χ2v) is 7.07. The summed E-state index contributed by atoms with van der Waals surface area (Å²) in [5, 5.41) is 13.8. The maximum Gasteiger partial charge on any atom is 0.125 e. The zero-order valence-electron chi connectivity index (χ0n) is 13.7.